The molecule has 0 spiro atoms. The minimum Gasteiger partial charge on any atom is -0.478 e. The van der Waals surface area contributed by atoms with Crippen LogP contribution in [0.5, 0.6) is 0 Å². The van der Waals surface area contributed by atoms with E-state index in [0.29, 0.717) is 10.8 Å². The van der Waals surface area contributed by atoms with Crippen molar-refractivity contribution in [1.29, 1.82) is 0 Å². The van der Waals surface area contributed by atoms with Gasteiger partial charge in [-0.05, 0) is 13.8 Å². The van der Waals surface area contributed by atoms with Crippen molar-refractivity contribution in [3.63, 3.8) is 0 Å². The van der Waals surface area contributed by atoms with Crippen LogP contribution >= 0.6 is 11.3 Å². The second-order valence-electron chi connectivity index (χ2n) is 2.46. The number of aryl methyl sites for hydroxylation is 1. The Kier molecular flexibility index (Phi) is 2.67. The highest BCUT2D eigenvalue weighted by Crippen LogP contribution is 2.25. The number of aliphatic carboxylic acids is 1. The Morgan fingerprint density at radius 1 is 1.69 bits per heavy atom. The topological polar surface area (TPSA) is 76.2 Å². The van der Waals surface area contributed by atoms with Gasteiger partial charge in [-0.2, -0.15) is 0 Å². The molecule has 13 heavy (non-hydrogen) atoms. The van der Waals surface area contributed by atoms with E-state index in [2.05, 4.69) is 4.98 Å². The smallest absolute Gasteiger partial charge is 0.337 e. The molecule has 0 bridgehead atoms. The number of thiazole rings is 1. The summed E-state index contributed by atoms with van der Waals surface area (Å²) in [4.78, 5) is 15.5. The van der Waals surface area contributed by atoms with Gasteiger partial charge in [0, 0.05) is 4.88 Å². The van der Waals surface area contributed by atoms with Gasteiger partial charge in [-0.3, -0.25) is 0 Å². The fourth-order valence-electron chi connectivity index (χ4n) is 1.03. The number of rotatable bonds is 2. The SMILES string of the molecule is C/C=C(\C(=O)O)c1nc(N)sc1C. The third-order valence-corrected chi connectivity index (χ3v) is 2.39. The van der Waals surface area contributed by atoms with Crippen LogP contribution in [-0.4, -0.2) is 16.1 Å². The van der Waals surface area contributed by atoms with Gasteiger partial charge in [0.15, 0.2) is 5.13 Å². The molecule has 0 atom stereocenters. The summed E-state index contributed by atoms with van der Waals surface area (Å²) in [6.45, 7) is 3.47. The van der Waals surface area contributed by atoms with Crippen molar-refractivity contribution in [2.75, 3.05) is 5.73 Å². The van der Waals surface area contributed by atoms with E-state index >= 15 is 0 Å². The van der Waals surface area contributed by atoms with Crippen LogP contribution in [0, 0.1) is 6.92 Å². The second kappa shape index (κ2) is 3.57. The van der Waals surface area contributed by atoms with E-state index < -0.39 is 5.97 Å². The fourth-order valence-corrected chi connectivity index (χ4v) is 1.73. The minimum absolute atomic E-state index is 0.199. The molecule has 70 valence electrons. The Balaban J connectivity index is 3.20. The van der Waals surface area contributed by atoms with Crippen LogP contribution in [0.3, 0.4) is 0 Å². The molecular formula is C8H10N2O2S. The minimum atomic E-state index is -0.976. The Morgan fingerprint density at radius 2 is 2.31 bits per heavy atom. The van der Waals surface area contributed by atoms with Crippen LogP contribution in [0.4, 0.5) is 5.13 Å². The van der Waals surface area contributed by atoms with Crippen molar-refractivity contribution in [3.8, 4) is 0 Å². The molecule has 1 rings (SSSR count). The van der Waals surface area contributed by atoms with Gasteiger partial charge in [-0.15, -0.1) is 11.3 Å². The molecule has 0 fully saturated rings. The van der Waals surface area contributed by atoms with Crippen molar-refractivity contribution in [2.45, 2.75) is 13.8 Å². The lowest BCUT2D eigenvalue weighted by Crippen LogP contribution is -2.01. The molecule has 0 unspecified atom stereocenters. The van der Waals surface area contributed by atoms with Crippen LogP contribution in [0.1, 0.15) is 17.5 Å². The predicted octanol–water partition coefficient (Wildman–Crippen LogP) is 1.52. The van der Waals surface area contributed by atoms with Crippen LogP contribution in [0.15, 0.2) is 6.08 Å². The van der Waals surface area contributed by atoms with Crippen molar-refractivity contribution >= 4 is 28.0 Å². The summed E-state index contributed by atoms with van der Waals surface area (Å²) in [7, 11) is 0. The summed E-state index contributed by atoms with van der Waals surface area (Å²) < 4.78 is 0. The zero-order valence-corrected chi connectivity index (χ0v) is 8.18. The number of nitrogens with two attached hydrogens (primary N) is 1. The number of anilines is 1. The predicted molar refractivity (Wildman–Crippen MR) is 52.6 cm³/mol. The Labute approximate surface area is 79.7 Å². The normalized spacial score (nSPS) is 11.7. The molecule has 0 aliphatic carbocycles. The van der Waals surface area contributed by atoms with Gasteiger partial charge in [0.1, 0.15) is 0 Å². The lowest BCUT2D eigenvalue weighted by molar-refractivity contribution is -0.130. The van der Waals surface area contributed by atoms with E-state index in [9.17, 15) is 4.79 Å². The van der Waals surface area contributed by atoms with Gasteiger partial charge >= 0.3 is 5.97 Å². The Morgan fingerprint density at radius 3 is 2.62 bits per heavy atom. The number of carbonyl (C=O) groups is 1. The highest BCUT2D eigenvalue weighted by Gasteiger charge is 2.15. The van der Waals surface area contributed by atoms with E-state index in [-0.39, 0.29) is 5.57 Å². The number of hydrogen-bond donors (Lipinski definition) is 2. The number of nitrogens with zero attached hydrogens (tertiary/aromatic N) is 1. The van der Waals surface area contributed by atoms with Gasteiger partial charge in [0.25, 0.3) is 0 Å². The molecule has 1 aromatic heterocycles. The highest BCUT2D eigenvalue weighted by molar-refractivity contribution is 7.15. The molecule has 0 saturated heterocycles. The summed E-state index contributed by atoms with van der Waals surface area (Å²) in [6.07, 6.45) is 1.52. The lowest BCUT2D eigenvalue weighted by Gasteiger charge is -1.97. The van der Waals surface area contributed by atoms with Crippen molar-refractivity contribution in [3.05, 3.63) is 16.6 Å². The third kappa shape index (κ3) is 1.86. The van der Waals surface area contributed by atoms with E-state index in [1.807, 2.05) is 0 Å². The first-order valence-corrected chi connectivity index (χ1v) is 4.50. The molecule has 0 aliphatic rings. The van der Waals surface area contributed by atoms with Gasteiger partial charge in [0.2, 0.25) is 0 Å². The molecule has 1 aromatic rings. The van der Waals surface area contributed by atoms with E-state index in [1.54, 1.807) is 13.8 Å². The van der Waals surface area contributed by atoms with Crippen LogP contribution in [0.2, 0.25) is 0 Å². The van der Waals surface area contributed by atoms with E-state index in [0.717, 1.165) is 4.88 Å². The lowest BCUT2D eigenvalue weighted by atomic mass is 10.1. The van der Waals surface area contributed by atoms with Crippen molar-refractivity contribution in [1.82, 2.24) is 4.98 Å². The highest BCUT2D eigenvalue weighted by atomic mass is 32.1. The van der Waals surface area contributed by atoms with Crippen molar-refractivity contribution < 1.29 is 9.90 Å². The van der Waals surface area contributed by atoms with Crippen molar-refractivity contribution in [2.24, 2.45) is 0 Å². The number of aromatic nitrogens is 1. The van der Waals surface area contributed by atoms with Crippen LogP contribution in [-0.2, 0) is 4.79 Å². The first kappa shape index (κ1) is 9.73. The molecule has 5 heteroatoms. The Hall–Kier alpha value is -1.36. The molecular weight excluding hydrogens is 188 g/mol. The van der Waals surface area contributed by atoms with Gasteiger partial charge < -0.3 is 10.8 Å². The zero-order valence-electron chi connectivity index (χ0n) is 7.37. The molecule has 0 radical (unpaired) electrons. The number of nitrogen functional groups attached to an aromatic ring is 1. The maximum Gasteiger partial charge on any atom is 0.337 e. The average Bonchev–Trinajstić information content (AvgIpc) is 2.31. The summed E-state index contributed by atoms with van der Waals surface area (Å²) in [5, 5.41) is 9.21. The monoisotopic (exact) mass is 198 g/mol. The molecule has 1 heterocycles. The largest absolute Gasteiger partial charge is 0.478 e. The summed E-state index contributed by atoms with van der Waals surface area (Å²) in [5.41, 5.74) is 6.13. The number of carboxylic acid groups (broad SMARTS) is 1. The average molecular weight is 198 g/mol. The summed E-state index contributed by atoms with van der Waals surface area (Å²) >= 11 is 1.29. The van der Waals surface area contributed by atoms with Gasteiger partial charge in [0.05, 0.1) is 11.3 Å². The molecule has 0 aliphatic heterocycles. The zero-order chi connectivity index (χ0) is 10.0. The van der Waals surface area contributed by atoms with Gasteiger partial charge in [-0.1, -0.05) is 6.08 Å². The summed E-state index contributed by atoms with van der Waals surface area (Å²) in [5.74, 6) is -0.976. The number of allylic oxidation sites excluding steroid dienone is 1. The van der Waals surface area contributed by atoms with E-state index in [1.165, 1.54) is 17.4 Å². The maximum atomic E-state index is 10.7. The van der Waals surface area contributed by atoms with Gasteiger partial charge in [-0.25, -0.2) is 9.78 Å². The standard InChI is InChI=1S/C8H10N2O2S/c1-3-5(7(11)12)6-4(2)13-8(9)10-6/h3H,1-2H3,(H2,9,10)(H,11,12)/b5-3-. The third-order valence-electron chi connectivity index (χ3n) is 1.59. The first-order chi connectivity index (χ1) is 6.06. The molecule has 3 N–H and O–H groups in total. The van der Waals surface area contributed by atoms with Crippen LogP contribution < -0.4 is 5.73 Å². The quantitative estimate of drug-likeness (QED) is 0.706. The molecule has 0 amide bonds. The molecule has 4 nitrogen and oxygen atoms in total. The van der Waals surface area contributed by atoms with Crippen LogP contribution in [0.25, 0.3) is 5.57 Å². The fraction of sp³-hybridized carbons (Fsp3) is 0.250. The Bertz CT molecular complexity index is 368. The molecule has 0 saturated carbocycles. The first-order valence-electron chi connectivity index (χ1n) is 3.69. The summed E-state index contributed by atoms with van der Waals surface area (Å²) in [6, 6.07) is 0. The maximum absolute atomic E-state index is 10.7. The van der Waals surface area contributed by atoms with E-state index in [4.69, 9.17) is 10.8 Å². The number of hydrogen-bond acceptors (Lipinski definition) is 4. The second-order valence-corrected chi connectivity index (χ2v) is 3.70. The molecule has 0 aromatic carbocycles. The number of carboxylic acids is 1.